The lowest BCUT2D eigenvalue weighted by atomic mass is 10.1. The third kappa shape index (κ3) is 6.76. The first-order chi connectivity index (χ1) is 14.5. The molecule has 1 N–H and O–H groups in total. The molecule has 7 heteroatoms. The van der Waals surface area contributed by atoms with Crippen LogP contribution < -0.4 is 24.3 Å². The minimum atomic E-state index is -0.214. The molecule has 0 spiro atoms. The van der Waals surface area contributed by atoms with E-state index in [2.05, 4.69) is 5.32 Å². The van der Waals surface area contributed by atoms with Gasteiger partial charge in [0.1, 0.15) is 0 Å². The Morgan fingerprint density at radius 1 is 0.967 bits per heavy atom. The normalized spacial score (nSPS) is 11.5. The Bertz CT molecular complexity index is 827. The van der Waals surface area contributed by atoms with Crippen molar-refractivity contribution in [2.24, 2.45) is 0 Å². The Morgan fingerprint density at radius 3 is 2.30 bits per heavy atom. The number of nitrogens with one attached hydrogen (secondary N) is 1. The van der Waals surface area contributed by atoms with Crippen LogP contribution in [0, 0.1) is 0 Å². The highest BCUT2D eigenvalue weighted by molar-refractivity contribution is 8.00. The zero-order valence-corrected chi connectivity index (χ0v) is 19.1. The van der Waals surface area contributed by atoms with Gasteiger partial charge in [-0.05, 0) is 62.6 Å². The van der Waals surface area contributed by atoms with Crippen molar-refractivity contribution in [3.05, 3.63) is 42.0 Å². The van der Waals surface area contributed by atoms with Crippen molar-refractivity contribution in [1.82, 2.24) is 5.32 Å². The topological polar surface area (TPSA) is 66.0 Å². The van der Waals surface area contributed by atoms with Gasteiger partial charge in [-0.3, -0.25) is 4.79 Å². The van der Waals surface area contributed by atoms with E-state index < -0.39 is 0 Å². The van der Waals surface area contributed by atoms with Gasteiger partial charge in [0, 0.05) is 11.4 Å². The van der Waals surface area contributed by atoms with Gasteiger partial charge in [-0.2, -0.15) is 0 Å². The fourth-order valence-corrected chi connectivity index (χ4v) is 3.86. The number of ether oxygens (including phenoxy) is 4. The van der Waals surface area contributed by atoms with Crippen LogP contribution in [0.4, 0.5) is 0 Å². The molecule has 164 valence electrons. The van der Waals surface area contributed by atoms with Crippen LogP contribution in [0.15, 0.2) is 41.3 Å². The van der Waals surface area contributed by atoms with Crippen molar-refractivity contribution >= 4 is 17.7 Å². The van der Waals surface area contributed by atoms with E-state index in [1.54, 1.807) is 21.3 Å². The first kappa shape index (κ1) is 23.7. The third-order valence-corrected chi connectivity index (χ3v) is 5.60. The molecule has 30 heavy (non-hydrogen) atoms. The number of amides is 1. The summed E-state index contributed by atoms with van der Waals surface area (Å²) in [6.45, 7) is 5.06. The Kier molecular flexibility index (Phi) is 9.67. The number of aryl methyl sites for hydroxylation is 1. The summed E-state index contributed by atoms with van der Waals surface area (Å²) in [6, 6.07) is 11.6. The molecule has 2 rings (SSSR count). The fraction of sp³-hybridized carbons (Fsp3) is 0.435. The van der Waals surface area contributed by atoms with Crippen LogP contribution in [0.5, 0.6) is 23.0 Å². The average molecular weight is 434 g/mol. The van der Waals surface area contributed by atoms with E-state index in [0.29, 0.717) is 24.7 Å². The molecule has 0 aliphatic heterocycles. The Balaban J connectivity index is 1.80. The number of thioether (sulfide) groups is 1. The first-order valence-electron chi connectivity index (χ1n) is 9.98. The Labute approximate surface area is 183 Å². The molecular weight excluding hydrogens is 402 g/mol. The molecular formula is C23H31NO5S. The van der Waals surface area contributed by atoms with Crippen LogP contribution in [0.3, 0.4) is 0 Å². The van der Waals surface area contributed by atoms with Crippen LogP contribution in [0.25, 0.3) is 0 Å². The van der Waals surface area contributed by atoms with Gasteiger partial charge in [0.05, 0.1) is 33.2 Å². The summed E-state index contributed by atoms with van der Waals surface area (Å²) < 4.78 is 21.5. The summed E-state index contributed by atoms with van der Waals surface area (Å²) in [5.74, 6) is 2.82. The molecule has 0 aliphatic carbocycles. The number of carbonyl (C=O) groups excluding carboxylic acids is 1. The van der Waals surface area contributed by atoms with Crippen LogP contribution >= 0.6 is 11.8 Å². The number of methoxy groups -OCH3 is 3. The van der Waals surface area contributed by atoms with Crippen molar-refractivity contribution in [1.29, 1.82) is 0 Å². The van der Waals surface area contributed by atoms with Crippen molar-refractivity contribution in [3.8, 4) is 23.0 Å². The number of hydrogen-bond donors (Lipinski definition) is 1. The summed E-state index contributed by atoms with van der Waals surface area (Å²) in [4.78, 5) is 13.4. The second kappa shape index (κ2) is 12.2. The molecule has 0 radical (unpaired) electrons. The maximum atomic E-state index is 12.4. The van der Waals surface area contributed by atoms with Crippen molar-refractivity contribution in [2.45, 2.75) is 36.8 Å². The van der Waals surface area contributed by atoms with E-state index in [9.17, 15) is 4.79 Å². The van der Waals surface area contributed by atoms with E-state index in [1.165, 1.54) is 11.8 Å². The zero-order chi connectivity index (χ0) is 21.9. The van der Waals surface area contributed by atoms with Crippen molar-refractivity contribution in [3.63, 3.8) is 0 Å². The van der Waals surface area contributed by atoms with Crippen molar-refractivity contribution in [2.75, 3.05) is 34.5 Å². The predicted octanol–water partition coefficient (Wildman–Crippen LogP) is 4.34. The molecule has 6 nitrogen and oxygen atoms in total. The van der Waals surface area contributed by atoms with Gasteiger partial charge in [0.25, 0.3) is 0 Å². The molecule has 2 aromatic rings. The van der Waals surface area contributed by atoms with E-state index in [4.69, 9.17) is 18.9 Å². The third-order valence-electron chi connectivity index (χ3n) is 4.51. The summed E-state index contributed by atoms with van der Waals surface area (Å²) in [5, 5.41) is 2.80. The zero-order valence-electron chi connectivity index (χ0n) is 18.3. The standard InChI is InChI=1S/C23H31NO5S/c1-6-29-20-11-9-17(14-21(20)27-4)8-7-13-24-23(25)16(2)30-18-10-12-19(26-3)22(15-18)28-5/h9-12,14-16H,6-8,13H2,1-5H3,(H,24,25)/t16-/m1/s1. The molecule has 0 fully saturated rings. The lowest BCUT2D eigenvalue weighted by molar-refractivity contribution is -0.120. The van der Waals surface area contributed by atoms with Crippen LogP contribution in [0.1, 0.15) is 25.8 Å². The maximum Gasteiger partial charge on any atom is 0.233 e. The summed E-state index contributed by atoms with van der Waals surface area (Å²) >= 11 is 1.49. The first-order valence-corrected chi connectivity index (χ1v) is 10.9. The highest BCUT2D eigenvalue weighted by atomic mass is 32.2. The predicted molar refractivity (Wildman–Crippen MR) is 120 cm³/mol. The summed E-state index contributed by atoms with van der Waals surface area (Å²) in [5.41, 5.74) is 1.15. The van der Waals surface area contributed by atoms with Gasteiger partial charge in [-0.25, -0.2) is 0 Å². The van der Waals surface area contributed by atoms with Gasteiger partial charge < -0.3 is 24.3 Å². The van der Waals surface area contributed by atoms with Gasteiger partial charge in [0.2, 0.25) is 5.91 Å². The van der Waals surface area contributed by atoms with E-state index in [0.717, 1.165) is 34.8 Å². The molecule has 2 aromatic carbocycles. The van der Waals surface area contributed by atoms with Crippen LogP contribution in [-0.2, 0) is 11.2 Å². The lowest BCUT2D eigenvalue weighted by Gasteiger charge is -2.14. The minimum absolute atomic E-state index is 0.0130. The van der Waals surface area contributed by atoms with Gasteiger partial charge in [-0.15, -0.1) is 11.8 Å². The number of hydrogen-bond acceptors (Lipinski definition) is 6. The van der Waals surface area contributed by atoms with Gasteiger partial charge in [0.15, 0.2) is 23.0 Å². The SMILES string of the molecule is CCOc1ccc(CCCNC(=O)[C@@H](C)Sc2ccc(OC)c(OC)c2)cc1OC. The highest BCUT2D eigenvalue weighted by Gasteiger charge is 2.15. The molecule has 0 heterocycles. The van der Waals surface area contributed by atoms with Crippen molar-refractivity contribution < 1.29 is 23.7 Å². The number of rotatable bonds is 12. The monoisotopic (exact) mass is 433 g/mol. The van der Waals surface area contributed by atoms with E-state index in [-0.39, 0.29) is 11.2 Å². The summed E-state index contributed by atoms with van der Waals surface area (Å²) in [7, 11) is 4.84. The average Bonchev–Trinajstić information content (AvgIpc) is 2.77. The Morgan fingerprint density at radius 2 is 1.63 bits per heavy atom. The number of benzene rings is 2. The highest BCUT2D eigenvalue weighted by Crippen LogP contribution is 2.33. The number of carbonyl (C=O) groups is 1. The molecule has 0 unspecified atom stereocenters. The van der Waals surface area contributed by atoms with E-state index in [1.807, 2.05) is 50.2 Å². The largest absolute Gasteiger partial charge is 0.493 e. The maximum absolute atomic E-state index is 12.4. The molecule has 0 bridgehead atoms. The molecule has 1 amide bonds. The van der Waals surface area contributed by atoms with Gasteiger partial charge in [-0.1, -0.05) is 6.07 Å². The second-order valence-corrected chi connectivity index (χ2v) is 8.00. The smallest absolute Gasteiger partial charge is 0.233 e. The molecule has 0 saturated carbocycles. The fourth-order valence-electron chi connectivity index (χ4n) is 2.94. The second-order valence-electron chi connectivity index (χ2n) is 6.59. The Hall–Kier alpha value is -2.54. The molecule has 1 atom stereocenters. The summed E-state index contributed by atoms with van der Waals surface area (Å²) in [6.07, 6.45) is 1.69. The quantitative estimate of drug-likeness (QED) is 0.397. The molecule has 0 aromatic heterocycles. The van der Waals surface area contributed by atoms with Crippen LogP contribution in [0.2, 0.25) is 0 Å². The molecule has 0 aliphatic rings. The lowest BCUT2D eigenvalue weighted by Crippen LogP contribution is -2.31. The van der Waals surface area contributed by atoms with E-state index >= 15 is 0 Å². The minimum Gasteiger partial charge on any atom is -0.493 e. The molecule has 0 saturated heterocycles. The van der Waals surface area contributed by atoms with Gasteiger partial charge >= 0.3 is 0 Å². The van der Waals surface area contributed by atoms with Crippen LogP contribution in [-0.4, -0.2) is 45.6 Å².